The van der Waals surface area contributed by atoms with Crippen LogP contribution in [0.4, 0.5) is 86.1 Å². The molecule has 0 aliphatic carbocycles. The Hall–Kier alpha value is -10.8. The SMILES string of the molecule is CCCC(=O)Nc1cc(N=Nc2cc(SCCCS(=O)(=O)O)c(N=Nc3cc(OCCCS(=O)(=O)O)c(N=Nc4c(C)c(C#N)c5nc6ccccc6n5c4O)cc3C)cc2Nc2nc(NCCCCS(=O)(=O)O)nc(Nc3cccc(S(=O)(=O)O)c3)n2)c(SCCCS(=O)(=O)O)cc1N=Nc1ccc([N+](=O)[O-])cc1S(=O)(=O)O. The van der Waals surface area contributed by atoms with Crippen molar-refractivity contribution >= 4 is 193 Å². The molecule has 0 aliphatic rings. The number of hydrogen-bond donors (Lipinski definition) is 11. The number of para-hydroxylation sites is 2. The predicted molar refractivity (Wildman–Crippen MR) is 418 cm³/mol. The molecule has 6 aromatic carbocycles. The van der Waals surface area contributed by atoms with Gasteiger partial charge in [0.1, 0.15) is 56.4 Å². The zero-order valence-corrected chi connectivity index (χ0v) is 66.1. The van der Waals surface area contributed by atoms with Crippen LogP contribution < -0.4 is 26.0 Å². The van der Waals surface area contributed by atoms with Crippen molar-refractivity contribution in [3.63, 3.8) is 0 Å². The molecular weight excluding hydrogens is 1660 g/mol. The molecule has 11 N–H and O–H groups in total. The maximum absolute atomic E-state index is 13.5. The Morgan fingerprint density at radius 3 is 1.75 bits per heavy atom. The summed E-state index contributed by atoms with van der Waals surface area (Å²) in [4.78, 5) is 40.8. The van der Waals surface area contributed by atoms with E-state index < -0.39 is 122 Å². The first kappa shape index (κ1) is 87.2. The van der Waals surface area contributed by atoms with Crippen LogP contribution in [0.2, 0.25) is 0 Å². The summed E-state index contributed by atoms with van der Waals surface area (Å²) in [5.74, 6) is -5.15. The number of aryl methyl sites for hydroxylation is 1. The van der Waals surface area contributed by atoms with E-state index in [-0.39, 0.29) is 170 Å². The summed E-state index contributed by atoms with van der Waals surface area (Å²) in [6.45, 7) is 4.35. The number of aromatic nitrogens is 5. The molecule has 3 aromatic heterocycles. The van der Waals surface area contributed by atoms with Crippen LogP contribution in [0.1, 0.15) is 68.6 Å². The van der Waals surface area contributed by atoms with E-state index in [0.29, 0.717) is 29.1 Å². The lowest BCUT2D eigenvalue weighted by Crippen LogP contribution is -2.12. The molecule has 0 atom stereocenters. The Balaban J connectivity index is 1.26. The van der Waals surface area contributed by atoms with Gasteiger partial charge >= 0.3 is 0 Å². The number of non-ortho nitro benzene ring substituents is 1. The number of carbonyl (C=O) groups is 1. The number of fused-ring (bicyclic) bond motifs is 3. The first-order chi connectivity index (χ1) is 53.6. The minimum absolute atomic E-state index is 0.00418. The van der Waals surface area contributed by atoms with Gasteiger partial charge in [0, 0.05) is 52.2 Å². The van der Waals surface area contributed by atoms with Gasteiger partial charge in [-0.2, -0.15) is 75.8 Å². The molecule has 0 fully saturated rings. The zero-order chi connectivity index (χ0) is 83.1. The number of anilines is 6. The number of azo groups is 4. The predicted octanol–water partition coefficient (Wildman–Crippen LogP) is 13.6. The second-order valence-electron chi connectivity index (χ2n) is 24.2. The summed E-state index contributed by atoms with van der Waals surface area (Å²) < 4.78 is 211. The van der Waals surface area contributed by atoms with Crippen LogP contribution in [0.3, 0.4) is 0 Å². The molecule has 0 aliphatic heterocycles. The van der Waals surface area contributed by atoms with E-state index in [1.807, 2.05) is 0 Å². The smallest absolute Gasteiger partial charge is 0.297 e. The highest BCUT2D eigenvalue weighted by molar-refractivity contribution is 7.99. The van der Waals surface area contributed by atoms with Crippen molar-refractivity contribution in [1.29, 1.82) is 5.26 Å². The number of nitrogens with zero attached hydrogens (tertiary/aromatic N) is 15. The second kappa shape index (κ2) is 37.4. The molecule has 0 bridgehead atoms. The monoisotopic (exact) mass is 1730 g/mol. The largest absolute Gasteiger partial charge is 0.493 e. The molecule has 0 radical (unpaired) electrons. The van der Waals surface area contributed by atoms with Crippen LogP contribution in [-0.2, 0) is 65.5 Å². The van der Waals surface area contributed by atoms with Crippen molar-refractivity contribution in [2.75, 3.05) is 68.9 Å². The third-order valence-corrected chi connectivity index (χ3v) is 22.7. The number of nitro benzene ring substituents is 1. The molecule has 0 spiro atoms. The summed E-state index contributed by atoms with van der Waals surface area (Å²) in [5.41, 5.74) is -1.03. The Bertz CT molecular complexity index is 6130. The third-order valence-electron chi connectivity index (χ3n) is 15.5. The van der Waals surface area contributed by atoms with Crippen LogP contribution in [-0.4, -0.2) is 166 Å². The molecule has 0 saturated carbocycles. The van der Waals surface area contributed by atoms with Crippen LogP contribution >= 0.6 is 23.5 Å². The lowest BCUT2D eigenvalue weighted by Gasteiger charge is -2.15. The average Bonchev–Trinajstić information content (AvgIpc) is 1.58. The number of nitrogens with one attached hydrogen (secondary N) is 4. The van der Waals surface area contributed by atoms with Gasteiger partial charge in [-0.05, 0) is 136 Å². The molecule has 0 unspecified atom stereocenters. The van der Waals surface area contributed by atoms with E-state index in [1.165, 1.54) is 59.9 Å². The van der Waals surface area contributed by atoms with Gasteiger partial charge in [-0.1, -0.05) is 25.1 Å². The van der Waals surface area contributed by atoms with E-state index in [1.54, 1.807) is 38.1 Å². The summed E-state index contributed by atoms with van der Waals surface area (Å²) in [6, 6.07) is 23.8. The third kappa shape index (κ3) is 25.1. The first-order valence-electron chi connectivity index (χ1n) is 33.2. The highest BCUT2D eigenvalue weighted by atomic mass is 32.2. The first-order valence-corrected chi connectivity index (χ1v) is 44.5. The van der Waals surface area contributed by atoms with E-state index in [4.69, 9.17) is 4.74 Å². The summed E-state index contributed by atoms with van der Waals surface area (Å²) in [6.07, 6.45) is -0.409. The molecule has 9 rings (SSSR count). The van der Waals surface area contributed by atoms with Crippen molar-refractivity contribution in [1.82, 2.24) is 24.3 Å². The molecule has 3 heterocycles. The van der Waals surface area contributed by atoms with Crippen LogP contribution in [0.5, 0.6) is 11.6 Å². The Morgan fingerprint density at radius 2 is 1.15 bits per heavy atom. The Kier molecular flexibility index (Phi) is 28.6. The fraction of sp³-hybridized carbons (Fsp3) is 0.281. The van der Waals surface area contributed by atoms with E-state index in [0.717, 1.165) is 47.8 Å². The van der Waals surface area contributed by atoms with Crippen LogP contribution in [0.15, 0.2) is 164 Å². The standard InChI is InChI=1S/C64H67N19O23S8/c1-4-13-58(84)68-46-31-51(55(107-22-11-26-111(94,95)96)34-48(46)76-74-44-19-18-40(83(86)87)30-57(44)114(103,104)105)80-77-49-35-56(108-23-12-27-112(97,98)99)52(32-47(49)70-64-72-62(66-20-7-8-24-109(88,89)90)71-63(73-64)67-39-14-9-15-41(29-39)113(100,101)102)79-75-45-33-54(106-21-10-25-110(91,92)93)50(28-37(45)2)78-81-59-38(3)42(36-65)60-69-43-16-5-6-17-53(43)82(60)61(59)85/h5-6,9,14-19,28-35,85H,4,7-8,10-13,20-27H2,1-3H3,(H,68,84)(H,88,89,90)(H,91,92,93)(H,94,95,96)(H,97,98,99)(H,100,101,102)(H,103,104,105)(H3,66,67,70,71,72,73). The topological polar surface area (TPSA) is 643 Å². The normalized spacial score (nSPS) is 12.6. The summed E-state index contributed by atoms with van der Waals surface area (Å²) in [7, 11) is -28.0. The van der Waals surface area contributed by atoms with E-state index in [2.05, 4.69) is 88.2 Å². The molecular formula is C64H67N19O23S8. The van der Waals surface area contributed by atoms with E-state index in [9.17, 15) is 103 Å². The van der Waals surface area contributed by atoms with Crippen molar-refractivity contribution in [3.05, 3.63) is 130 Å². The van der Waals surface area contributed by atoms with Gasteiger partial charge in [-0.25, -0.2) is 4.98 Å². The second-order valence-corrected chi connectivity index (χ2v) is 35.6. The summed E-state index contributed by atoms with van der Waals surface area (Å²) >= 11 is 1.84. The number of amides is 1. The maximum Gasteiger partial charge on any atom is 0.297 e. The quantitative estimate of drug-likeness (QED) is 0.00426. The molecule has 9 aromatic rings. The van der Waals surface area contributed by atoms with Gasteiger partial charge in [0.05, 0.1) is 67.5 Å². The molecule has 42 nitrogen and oxygen atoms in total. The number of aromatic hydroxyl groups is 1. The number of rotatable bonds is 39. The Labute approximate surface area is 658 Å². The van der Waals surface area contributed by atoms with Crippen LogP contribution in [0.25, 0.3) is 16.7 Å². The molecule has 114 heavy (non-hydrogen) atoms. The van der Waals surface area contributed by atoms with Gasteiger partial charge in [-0.3, -0.25) is 46.6 Å². The molecule has 50 heteroatoms. The number of ether oxygens (including phenoxy) is 1. The number of imidazole rings is 1. The summed E-state index contributed by atoms with van der Waals surface area (Å²) in [5, 5.41) is 80.6. The van der Waals surface area contributed by atoms with Gasteiger partial charge < -0.3 is 31.1 Å². The lowest BCUT2D eigenvalue weighted by atomic mass is 10.1. The van der Waals surface area contributed by atoms with Gasteiger partial charge in [0.15, 0.2) is 11.3 Å². The number of pyridine rings is 1. The minimum atomic E-state index is -5.22. The number of nitriles is 1. The highest BCUT2D eigenvalue weighted by Crippen LogP contribution is 2.47. The van der Waals surface area contributed by atoms with Crippen molar-refractivity contribution in [2.24, 2.45) is 40.9 Å². The molecule has 0 saturated heterocycles. The highest BCUT2D eigenvalue weighted by Gasteiger charge is 2.26. The van der Waals surface area contributed by atoms with Gasteiger partial charge in [0.2, 0.25) is 29.6 Å². The molecule has 604 valence electrons. The number of carbonyl (C=O) groups excluding carboxylic acids is 1. The average molecular weight is 1730 g/mol. The fourth-order valence-electron chi connectivity index (χ4n) is 10.3. The fourth-order valence-corrected chi connectivity index (χ4v) is 15.8. The molecule has 1 amide bonds. The number of thioether (sulfide) groups is 2. The van der Waals surface area contributed by atoms with Gasteiger partial charge in [-0.15, -0.1) is 59.3 Å². The minimum Gasteiger partial charge on any atom is -0.493 e. The van der Waals surface area contributed by atoms with Crippen molar-refractivity contribution < 1.29 is 97.4 Å². The number of nitro groups is 1. The zero-order valence-electron chi connectivity index (χ0n) is 59.6. The van der Waals surface area contributed by atoms with Crippen LogP contribution in [0, 0.1) is 35.3 Å². The maximum atomic E-state index is 13.5. The number of hydrogen-bond acceptors (Lipinski definition) is 35. The van der Waals surface area contributed by atoms with Crippen molar-refractivity contribution in [3.8, 4) is 17.7 Å². The van der Waals surface area contributed by atoms with Gasteiger partial charge in [0.25, 0.3) is 66.4 Å². The van der Waals surface area contributed by atoms with Crippen molar-refractivity contribution in [2.45, 2.75) is 85.3 Å². The Morgan fingerprint density at radius 1 is 0.588 bits per heavy atom. The number of unbranched alkanes of at least 4 members (excludes halogenated alkanes) is 1. The van der Waals surface area contributed by atoms with E-state index >= 15 is 0 Å². The number of benzene rings is 6. The lowest BCUT2D eigenvalue weighted by molar-refractivity contribution is -0.385.